The third kappa shape index (κ3) is 6.22. The van der Waals surface area contributed by atoms with Crippen molar-refractivity contribution in [1.82, 2.24) is 20.2 Å². The first-order valence-electron chi connectivity index (χ1n) is 13.4. The van der Waals surface area contributed by atoms with Gasteiger partial charge in [0.1, 0.15) is 24.1 Å². The number of nitrogens with zero attached hydrogens (tertiary/aromatic N) is 2. The van der Waals surface area contributed by atoms with Gasteiger partial charge in [0.25, 0.3) is 5.91 Å². The number of morpholine rings is 1. The number of aromatic amines is 1. The Morgan fingerprint density at radius 3 is 2.90 bits per heavy atom. The summed E-state index contributed by atoms with van der Waals surface area (Å²) in [5.41, 5.74) is 2.62. The predicted molar refractivity (Wildman–Crippen MR) is 149 cm³/mol. The maximum atomic E-state index is 14.5. The molecule has 0 saturated carbocycles. The molecule has 5 rings (SSSR count). The van der Waals surface area contributed by atoms with Crippen molar-refractivity contribution in [1.29, 1.82) is 0 Å². The standard InChI is InChI=1S/C29H34FN5O6/c1-29(2,3)41-28(37)35-12-13-39-17(15-35)16-40-22-14-31-10-8-18(22)24-25(23-20(33-24)9-11-32-27(23)36)34-21-7-5-6-19(30)26(21)38-4/h5-8,10,14,17,33-34H,9,11-13,15-16H2,1-4H3,(H,32,36). The number of amides is 2. The second kappa shape index (κ2) is 11.7. The molecule has 0 bridgehead atoms. The van der Waals surface area contributed by atoms with Gasteiger partial charge >= 0.3 is 6.09 Å². The van der Waals surface area contributed by atoms with Crippen LogP contribution in [0.5, 0.6) is 11.5 Å². The Morgan fingerprint density at radius 1 is 1.29 bits per heavy atom. The number of hydrogen-bond acceptors (Lipinski definition) is 8. The summed E-state index contributed by atoms with van der Waals surface area (Å²) in [5, 5.41) is 6.10. The minimum atomic E-state index is -0.598. The van der Waals surface area contributed by atoms with Gasteiger partial charge in [-0.25, -0.2) is 9.18 Å². The van der Waals surface area contributed by atoms with E-state index in [9.17, 15) is 14.0 Å². The minimum Gasteiger partial charge on any atom is -0.492 e. The molecule has 1 saturated heterocycles. The fourth-order valence-corrected chi connectivity index (χ4v) is 4.85. The molecule has 1 fully saturated rings. The molecular formula is C29H34FN5O6. The van der Waals surface area contributed by atoms with Crippen LogP contribution in [-0.4, -0.2) is 78.5 Å². The van der Waals surface area contributed by atoms with Gasteiger partial charge in [-0.15, -0.1) is 0 Å². The number of H-pyrrole nitrogens is 1. The molecule has 1 atom stereocenters. The van der Waals surface area contributed by atoms with Crippen molar-refractivity contribution < 1.29 is 32.9 Å². The topological polar surface area (TPSA) is 127 Å². The lowest BCUT2D eigenvalue weighted by Gasteiger charge is -2.34. The quantitative estimate of drug-likeness (QED) is 0.387. The lowest BCUT2D eigenvalue weighted by atomic mass is 10.0. The number of ether oxygens (including phenoxy) is 4. The van der Waals surface area contributed by atoms with E-state index in [0.717, 1.165) is 5.69 Å². The number of hydrogen-bond donors (Lipinski definition) is 3. The number of anilines is 2. The summed E-state index contributed by atoms with van der Waals surface area (Å²) in [7, 11) is 1.38. The Labute approximate surface area is 237 Å². The third-order valence-electron chi connectivity index (χ3n) is 6.67. The number of aromatic nitrogens is 2. The molecule has 0 radical (unpaired) electrons. The van der Waals surface area contributed by atoms with Gasteiger partial charge in [0, 0.05) is 37.0 Å². The Morgan fingerprint density at radius 2 is 2.12 bits per heavy atom. The molecule has 2 aliphatic rings. The fourth-order valence-electron chi connectivity index (χ4n) is 4.85. The molecular weight excluding hydrogens is 533 g/mol. The van der Waals surface area contributed by atoms with Gasteiger partial charge in [0.15, 0.2) is 11.6 Å². The molecule has 3 aromatic rings. The van der Waals surface area contributed by atoms with E-state index in [2.05, 4.69) is 20.6 Å². The highest BCUT2D eigenvalue weighted by molar-refractivity contribution is 6.06. The zero-order valence-corrected chi connectivity index (χ0v) is 23.5. The molecule has 41 heavy (non-hydrogen) atoms. The van der Waals surface area contributed by atoms with Crippen LogP contribution in [-0.2, 0) is 15.9 Å². The first kappa shape index (κ1) is 28.2. The monoisotopic (exact) mass is 567 g/mol. The average molecular weight is 568 g/mol. The number of halogens is 1. The van der Waals surface area contributed by atoms with Crippen LogP contribution < -0.4 is 20.1 Å². The van der Waals surface area contributed by atoms with Crippen LogP contribution >= 0.6 is 0 Å². The van der Waals surface area contributed by atoms with Crippen LogP contribution in [0.25, 0.3) is 11.3 Å². The van der Waals surface area contributed by atoms with E-state index in [1.807, 2.05) is 20.8 Å². The van der Waals surface area contributed by atoms with Gasteiger partial charge < -0.3 is 39.5 Å². The third-order valence-corrected chi connectivity index (χ3v) is 6.67. The van der Waals surface area contributed by atoms with Gasteiger partial charge in [0.2, 0.25) is 0 Å². The van der Waals surface area contributed by atoms with Gasteiger partial charge in [-0.1, -0.05) is 6.07 Å². The summed E-state index contributed by atoms with van der Waals surface area (Å²) in [6.45, 7) is 7.21. The number of para-hydroxylation sites is 1. The van der Waals surface area contributed by atoms with Crippen molar-refractivity contribution in [2.75, 3.05) is 45.3 Å². The molecule has 2 amide bonds. The first-order valence-corrected chi connectivity index (χ1v) is 13.4. The Hall–Kier alpha value is -4.32. The molecule has 4 heterocycles. The van der Waals surface area contributed by atoms with Gasteiger partial charge in [-0.3, -0.25) is 9.78 Å². The summed E-state index contributed by atoms with van der Waals surface area (Å²) in [5.74, 6) is -0.312. The number of rotatable bonds is 7. The summed E-state index contributed by atoms with van der Waals surface area (Å²) in [6.07, 6.45) is 3.01. The number of carbonyl (C=O) groups is 2. The van der Waals surface area contributed by atoms with Crippen LogP contribution in [0.4, 0.5) is 20.6 Å². The van der Waals surface area contributed by atoms with E-state index in [0.29, 0.717) is 66.6 Å². The highest BCUT2D eigenvalue weighted by Gasteiger charge is 2.31. The van der Waals surface area contributed by atoms with Gasteiger partial charge in [-0.05, 0) is 39.0 Å². The second-order valence-electron chi connectivity index (χ2n) is 10.8. The minimum absolute atomic E-state index is 0.0276. The van der Waals surface area contributed by atoms with E-state index in [1.54, 1.807) is 35.5 Å². The molecule has 3 N–H and O–H groups in total. The fraction of sp³-hybridized carbons (Fsp3) is 0.414. The SMILES string of the molecule is COc1c(F)cccc1Nc1c(-c2ccncc2OCC2CN(C(=O)OC(C)(C)C)CCO2)[nH]c2c1C(=O)NCC2. The second-order valence-corrected chi connectivity index (χ2v) is 10.8. The molecule has 0 spiro atoms. The molecule has 2 aliphatic heterocycles. The lowest BCUT2D eigenvalue weighted by molar-refractivity contribution is -0.0556. The Balaban J connectivity index is 1.42. The maximum Gasteiger partial charge on any atom is 0.410 e. The zero-order valence-electron chi connectivity index (χ0n) is 23.5. The maximum absolute atomic E-state index is 14.5. The largest absolute Gasteiger partial charge is 0.492 e. The highest BCUT2D eigenvalue weighted by Crippen LogP contribution is 2.42. The van der Waals surface area contributed by atoms with Crippen LogP contribution in [0.2, 0.25) is 0 Å². The molecule has 11 nitrogen and oxygen atoms in total. The molecule has 1 unspecified atom stereocenters. The van der Waals surface area contributed by atoms with Crippen LogP contribution in [0.3, 0.4) is 0 Å². The number of benzene rings is 1. The summed E-state index contributed by atoms with van der Waals surface area (Å²) in [4.78, 5) is 34.8. The van der Waals surface area contributed by atoms with E-state index in [-0.39, 0.29) is 24.4 Å². The average Bonchev–Trinajstić information content (AvgIpc) is 3.30. The Bertz CT molecular complexity index is 1440. The normalized spacial score (nSPS) is 17.0. The molecule has 0 aliphatic carbocycles. The van der Waals surface area contributed by atoms with Crippen molar-refractivity contribution in [3.63, 3.8) is 0 Å². The van der Waals surface area contributed by atoms with Crippen molar-refractivity contribution in [3.8, 4) is 22.8 Å². The number of pyridine rings is 1. The smallest absolute Gasteiger partial charge is 0.410 e. The first-order chi connectivity index (χ1) is 19.6. The van der Waals surface area contributed by atoms with Crippen LogP contribution in [0, 0.1) is 5.82 Å². The Kier molecular flexibility index (Phi) is 8.02. The van der Waals surface area contributed by atoms with Crippen molar-refractivity contribution >= 4 is 23.4 Å². The van der Waals surface area contributed by atoms with E-state index in [1.165, 1.54) is 13.2 Å². The summed E-state index contributed by atoms with van der Waals surface area (Å²) in [6, 6.07) is 6.31. The predicted octanol–water partition coefficient (Wildman–Crippen LogP) is 4.27. The summed E-state index contributed by atoms with van der Waals surface area (Å²) < 4.78 is 37.3. The zero-order chi connectivity index (χ0) is 29.1. The number of fused-ring (bicyclic) bond motifs is 1. The van der Waals surface area contributed by atoms with Crippen LogP contribution in [0.1, 0.15) is 36.8 Å². The van der Waals surface area contributed by atoms with E-state index in [4.69, 9.17) is 18.9 Å². The van der Waals surface area contributed by atoms with Gasteiger partial charge in [0.05, 0.1) is 49.1 Å². The molecule has 12 heteroatoms. The molecule has 1 aromatic carbocycles. The van der Waals surface area contributed by atoms with Crippen molar-refractivity contribution in [2.24, 2.45) is 0 Å². The van der Waals surface area contributed by atoms with Gasteiger partial charge in [-0.2, -0.15) is 0 Å². The number of methoxy groups -OCH3 is 1. The number of carbonyl (C=O) groups excluding carboxylic acids is 2. The van der Waals surface area contributed by atoms with Crippen LogP contribution in [0.15, 0.2) is 36.7 Å². The molecule has 218 valence electrons. The van der Waals surface area contributed by atoms with Crippen molar-refractivity contribution in [2.45, 2.75) is 38.9 Å². The molecule has 2 aromatic heterocycles. The van der Waals surface area contributed by atoms with E-state index < -0.39 is 17.5 Å². The van der Waals surface area contributed by atoms with Crippen molar-refractivity contribution in [3.05, 3.63) is 53.7 Å². The highest BCUT2D eigenvalue weighted by atomic mass is 19.1. The summed E-state index contributed by atoms with van der Waals surface area (Å²) >= 11 is 0. The lowest BCUT2D eigenvalue weighted by Crippen LogP contribution is -2.49. The number of nitrogens with one attached hydrogen (secondary N) is 3. The van der Waals surface area contributed by atoms with E-state index >= 15 is 0 Å².